The van der Waals surface area contributed by atoms with Crippen LogP contribution in [0.25, 0.3) is 0 Å². The average molecular weight is 375 g/mol. The van der Waals surface area contributed by atoms with E-state index in [1.54, 1.807) is 47.5 Å². The number of aryl methyl sites for hydroxylation is 1. The summed E-state index contributed by atoms with van der Waals surface area (Å²) >= 11 is 0. The van der Waals surface area contributed by atoms with Crippen LogP contribution in [0, 0.1) is 6.92 Å². The number of hydrogen-bond acceptors (Lipinski definition) is 4. The van der Waals surface area contributed by atoms with Crippen LogP contribution in [-0.4, -0.2) is 28.7 Å². The van der Waals surface area contributed by atoms with E-state index in [4.69, 9.17) is 4.42 Å². The number of carbonyl (C=O) groups is 2. The monoisotopic (exact) mass is 375 g/mol. The molecule has 1 atom stereocenters. The predicted octanol–water partition coefficient (Wildman–Crippen LogP) is 3.73. The lowest BCUT2D eigenvalue weighted by Crippen LogP contribution is -2.33. The molecule has 3 heterocycles. The smallest absolute Gasteiger partial charge is 0.260 e. The molecule has 0 saturated carbocycles. The Labute approximate surface area is 163 Å². The number of amides is 2. The first-order chi connectivity index (χ1) is 13.5. The number of carbonyl (C=O) groups excluding carboxylic acids is 2. The molecule has 0 radical (unpaired) electrons. The highest BCUT2D eigenvalue weighted by molar-refractivity contribution is 6.11. The van der Waals surface area contributed by atoms with Crippen LogP contribution in [0.2, 0.25) is 0 Å². The van der Waals surface area contributed by atoms with Crippen LogP contribution in [0.5, 0.6) is 0 Å². The van der Waals surface area contributed by atoms with E-state index in [1.807, 2.05) is 37.3 Å². The Hall–Kier alpha value is -3.41. The van der Waals surface area contributed by atoms with Gasteiger partial charge in [-0.2, -0.15) is 0 Å². The molecule has 1 unspecified atom stereocenters. The molecule has 1 aliphatic heterocycles. The van der Waals surface area contributed by atoms with Crippen molar-refractivity contribution < 1.29 is 14.0 Å². The van der Waals surface area contributed by atoms with Gasteiger partial charge in [0.05, 0.1) is 36.5 Å². The molecule has 2 amide bonds. The molecule has 6 heteroatoms. The summed E-state index contributed by atoms with van der Waals surface area (Å²) in [5, 5.41) is 0. The molecule has 0 aliphatic carbocycles. The van der Waals surface area contributed by atoms with Gasteiger partial charge in [-0.05, 0) is 48.9 Å². The number of rotatable bonds is 5. The zero-order chi connectivity index (χ0) is 19.7. The van der Waals surface area contributed by atoms with Gasteiger partial charge in [0.25, 0.3) is 5.91 Å². The van der Waals surface area contributed by atoms with Crippen molar-refractivity contribution in [1.29, 1.82) is 0 Å². The van der Waals surface area contributed by atoms with Crippen LogP contribution in [0.15, 0.2) is 65.4 Å². The van der Waals surface area contributed by atoms with Crippen molar-refractivity contribution in [2.75, 3.05) is 11.9 Å². The Morgan fingerprint density at radius 3 is 2.82 bits per heavy atom. The van der Waals surface area contributed by atoms with Gasteiger partial charge in [0.15, 0.2) is 0 Å². The summed E-state index contributed by atoms with van der Waals surface area (Å²) in [6, 6.07) is 14.4. The summed E-state index contributed by atoms with van der Waals surface area (Å²) in [5.74, 6) is 0.512. The SMILES string of the molecule is Cc1cccc(N2C(=O)c3cccnc3C2CC(=O)N(C)Cc2ccco2)c1. The topological polar surface area (TPSA) is 66.7 Å². The molecule has 4 rings (SSSR count). The Morgan fingerprint density at radius 1 is 1.21 bits per heavy atom. The van der Waals surface area contributed by atoms with Crippen LogP contribution in [0.3, 0.4) is 0 Å². The van der Waals surface area contributed by atoms with Crippen molar-refractivity contribution >= 4 is 17.5 Å². The number of pyridine rings is 1. The van der Waals surface area contributed by atoms with Gasteiger partial charge in [0.1, 0.15) is 5.76 Å². The Kier molecular flexibility index (Phi) is 4.69. The van der Waals surface area contributed by atoms with Crippen LogP contribution in [0.4, 0.5) is 5.69 Å². The van der Waals surface area contributed by atoms with Gasteiger partial charge in [-0.3, -0.25) is 19.5 Å². The lowest BCUT2D eigenvalue weighted by atomic mass is 10.1. The molecule has 6 nitrogen and oxygen atoms in total. The second-order valence-corrected chi connectivity index (χ2v) is 7.00. The lowest BCUT2D eigenvalue weighted by Gasteiger charge is -2.26. The fraction of sp³-hybridized carbons (Fsp3) is 0.227. The third-order valence-corrected chi connectivity index (χ3v) is 4.96. The standard InChI is InChI=1S/C22H21N3O3/c1-15-6-3-7-16(12-15)25-19(21-18(22(25)27)9-4-10-23-21)13-20(26)24(2)14-17-8-5-11-28-17/h3-12,19H,13-14H2,1-2H3. The molecule has 1 aromatic carbocycles. The molecule has 0 bridgehead atoms. The Balaban J connectivity index is 1.63. The maximum Gasteiger partial charge on any atom is 0.260 e. The normalized spacial score (nSPS) is 15.6. The third kappa shape index (κ3) is 3.29. The molecule has 28 heavy (non-hydrogen) atoms. The number of nitrogens with zero attached hydrogens (tertiary/aromatic N) is 3. The van der Waals surface area contributed by atoms with Gasteiger partial charge in [0, 0.05) is 18.9 Å². The minimum absolute atomic E-state index is 0.0784. The summed E-state index contributed by atoms with van der Waals surface area (Å²) < 4.78 is 5.33. The van der Waals surface area contributed by atoms with E-state index in [9.17, 15) is 9.59 Å². The van der Waals surface area contributed by atoms with E-state index in [0.717, 1.165) is 11.3 Å². The quantitative estimate of drug-likeness (QED) is 0.681. The number of benzene rings is 1. The number of aromatic nitrogens is 1. The molecule has 142 valence electrons. The summed E-state index contributed by atoms with van der Waals surface area (Å²) in [7, 11) is 1.73. The fourth-order valence-electron chi connectivity index (χ4n) is 3.57. The van der Waals surface area contributed by atoms with Gasteiger partial charge in [-0.1, -0.05) is 12.1 Å². The largest absolute Gasteiger partial charge is 0.467 e. The van der Waals surface area contributed by atoms with Gasteiger partial charge in [-0.25, -0.2) is 0 Å². The van der Waals surface area contributed by atoms with Gasteiger partial charge >= 0.3 is 0 Å². The average Bonchev–Trinajstić information content (AvgIpc) is 3.29. The summed E-state index contributed by atoms with van der Waals surface area (Å²) in [4.78, 5) is 33.7. The third-order valence-electron chi connectivity index (χ3n) is 4.96. The van der Waals surface area contributed by atoms with Crippen molar-refractivity contribution in [2.45, 2.75) is 25.9 Å². The summed E-state index contributed by atoms with van der Waals surface area (Å²) in [6.45, 7) is 2.36. The maximum absolute atomic E-state index is 13.1. The summed E-state index contributed by atoms with van der Waals surface area (Å²) in [6.07, 6.45) is 3.40. The minimum Gasteiger partial charge on any atom is -0.467 e. The minimum atomic E-state index is -0.433. The van der Waals surface area contributed by atoms with E-state index in [1.165, 1.54) is 0 Å². The number of anilines is 1. The van der Waals surface area contributed by atoms with E-state index in [2.05, 4.69) is 4.98 Å². The maximum atomic E-state index is 13.1. The van der Waals surface area contributed by atoms with E-state index in [-0.39, 0.29) is 18.2 Å². The molecule has 1 aliphatic rings. The van der Waals surface area contributed by atoms with E-state index < -0.39 is 6.04 Å². The molecule has 0 N–H and O–H groups in total. The van der Waals surface area contributed by atoms with Crippen LogP contribution in [-0.2, 0) is 11.3 Å². The number of hydrogen-bond donors (Lipinski definition) is 0. The van der Waals surface area contributed by atoms with Crippen molar-refractivity contribution in [3.05, 3.63) is 83.6 Å². The molecule has 0 fully saturated rings. The van der Waals surface area contributed by atoms with Crippen molar-refractivity contribution in [3.8, 4) is 0 Å². The van der Waals surface area contributed by atoms with Crippen molar-refractivity contribution in [3.63, 3.8) is 0 Å². The molecule has 0 spiro atoms. The highest BCUT2D eigenvalue weighted by Gasteiger charge is 2.40. The van der Waals surface area contributed by atoms with E-state index >= 15 is 0 Å². The zero-order valence-electron chi connectivity index (χ0n) is 15.8. The Morgan fingerprint density at radius 2 is 2.07 bits per heavy atom. The number of furan rings is 1. The van der Waals surface area contributed by atoms with Gasteiger partial charge in [0.2, 0.25) is 5.91 Å². The molecule has 0 saturated heterocycles. The second kappa shape index (κ2) is 7.31. The highest BCUT2D eigenvalue weighted by Crippen LogP contribution is 2.38. The van der Waals surface area contributed by atoms with E-state index in [0.29, 0.717) is 23.6 Å². The van der Waals surface area contributed by atoms with Crippen LogP contribution < -0.4 is 4.90 Å². The van der Waals surface area contributed by atoms with Crippen LogP contribution >= 0.6 is 0 Å². The summed E-state index contributed by atoms with van der Waals surface area (Å²) in [5.41, 5.74) is 3.02. The first-order valence-electron chi connectivity index (χ1n) is 9.16. The lowest BCUT2D eigenvalue weighted by molar-refractivity contribution is -0.131. The fourth-order valence-corrected chi connectivity index (χ4v) is 3.57. The first kappa shape index (κ1) is 18.0. The zero-order valence-corrected chi connectivity index (χ0v) is 15.8. The van der Waals surface area contributed by atoms with Crippen molar-refractivity contribution in [1.82, 2.24) is 9.88 Å². The first-order valence-corrected chi connectivity index (χ1v) is 9.16. The molecule has 2 aromatic heterocycles. The van der Waals surface area contributed by atoms with Crippen molar-refractivity contribution in [2.24, 2.45) is 0 Å². The predicted molar refractivity (Wildman–Crippen MR) is 105 cm³/mol. The van der Waals surface area contributed by atoms with Gasteiger partial charge < -0.3 is 9.32 Å². The molecular weight excluding hydrogens is 354 g/mol. The molecular formula is C22H21N3O3. The van der Waals surface area contributed by atoms with Gasteiger partial charge in [-0.15, -0.1) is 0 Å². The molecule has 3 aromatic rings. The van der Waals surface area contributed by atoms with Crippen LogP contribution in [0.1, 0.15) is 39.8 Å². The number of fused-ring (bicyclic) bond motifs is 1. The second-order valence-electron chi connectivity index (χ2n) is 7.00. The Bertz CT molecular complexity index is 1010. The highest BCUT2D eigenvalue weighted by atomic mass is 16.3.